The Morgan fingerprint density at radius 2 is 1.47 bits per heavy atom. The maximum absolute atomic E-state index is 9.96. The molecule has 0 aliphatic heterocycles. The van der Waals surface area contributed by atoms with Gasteiger partial charge in [-0.2, -0.15) is 0 Å². The third-order valence-electron chi connectivity index (χ3n) is 1.33. The third-order valence-corrected chi connectivity index (χ3v) is 1.58. The van der Waals surface area contributed by atoms with Crippen molar-refractivity contribution in [2.75, 3.05) is 0 Å². The third kappa shape index (κ3) is 6.29. The van der Waals surface area contributed by atoms with Crippen molar-refractivity contribution in [3.63, 3.8) is 0 Å². The number of halogens is 1. The lowest BCUT2D eigenvalue weighted by atomic mass is 10.3. The number of hydrogen-bond acceptors (Lipinski definition) is 2. The van der Waals surface area contributed by atoms with Gasteiger partial charge >= 0.3 is 0 Å². The highest BCUT2D eigenvalue weighted by atomic mass is 35.5. The smallest absolute Gasteiger partial charge is 0.253 e. The highest BCUT2D eigenvalue weighted by Gasteiger charge is 2.05. The summed E-state index contributed by atoms with van der Waals surface area (Å²) < 4.78 is 0. The SMILES string of the molecule is C=C(C(N)=O)C(N)=O.Clc1ccccc1. The van der Waals surface area contributed by atoms with Gasteiger partial charge in [-0.25, -0.2) is 0 Å². The van der Waals surface area contributed by atoms with Gasteiger partial charge in [-0.15, -0.1) is 0 Å². The van der Waals surface area contributed by atoms with E-state index in [9.17, 15) is 9.59 Å². The molecule has 1 rings (SSSR count). The van der Waals surface area contributed by atoms with Crippen LogP contribution in [0.4, 0.5) is 0 Å². The molecular formula is C10H11ClN2O2. The molecule has 4 nitrogen and oxygen atoms in total. The summed E-state index contributed by atoms with van der Waals surface area (Å²) in [6.45, 7) is 3.00. The fraction of sp³-hybridized carbons (Fsp3) is 0. The number of benzene rings is 1. The minimum absolute atomic E-state index is 0.370. The quantitative estimate of drug-likeness (QED) is 0.445. The van der Waals surface area contributed by atoms with Crippen LogP contribution >= 0.6 is 11.6 Å². The van der Waals surface area contributed by atoms with Crippen molar-refractivity contribution in [2.24, 2.45) is 11.5 Å². The number of amides is 2. The van der Waals surface area contributed by atoms with Crippen molar-refractivity contribution >= 4 is 23.4 Å². The van der Waals surface area contributed by atoms with Gasteiger partial charge in [0.1, 0.15) is 0 Å². The van der Waals surface area contributed by atoms with E-state index in [0.29, 0.717) is 0 Å². The van der Waals surface area contributed by atoms with Crippen LogP contribution in [0, 0.1) is 0 Å². The van der Waals surface area contributed by atoms with Crippen molar-refractivity contribution in [2.45, 2.75) is 0 Å². The second kappa shape index (κ2) is 6.62. The van der Waals surface area contributed by atoms with Crippen LogP contribution in [0.3, 0.4) is 0 Å². The van der Waals surface area contributed by atoms with Crippen LogP contribution in [0.2, 0.25) is 5.02 Å². The summed E-state index contributed by atoms with van der Waals surface area (Å²) in [4.78, 5) is 19.9. The summed E-state index contributed by atoms with van der Waals surface area (Å²) in [5.74, 6) is -1.75. The normalized spacial score (nSPS) is 8.33. The first-order chi connectivity index (χ1) is 6.95. The molecule has 15 heavy (non-hydrogen) atoms. The molecule has 1 aromatic rings. The number of hydrogen-bond donors (Lipinski definition) is 2. The maximum atomic E-state index is 9.96. The van der Waals surface area contributed by atoms with Crippen LogP contribution in [0.1, 0.15) is 0 Å². The Kier molecular flexibility index (Phi) is 5.82. The molecule has 0 aliphatic carbocycles. The number of carbonyl (C=O) groups is 2. The van der Waals surface area contributed by atoms with Crippen molar-refractivity contribution in [1.29, 1.82) is 0 Å². The van der Waals surface area contributed by atoms with E-state index in [0.717, 1.165) is 5.02 Å². The van der Waals surface area contributed by atoms with Crippen LogP contribution in [0.15, 0.2) is 42.5 Å². The summed E-state index contributed by atoms with van der Waals surface area (Å²) in [7, 11) is 0. The zero-order valence-corrected chi connectivity index (χ0v) is 8.70. The van der Waals surface area contributed by atoms with E-state index < -0.39 is 11.8 Å². The molecule has 0 aromatic heterocycles. The predicted octanol–water partition coefficient (Wildman–Crippen LogP) is 0.853. The summed E-state index contributed by atoms with van der Waals surface area (Å²) in [6.07, 6.45) is 0. The Morgan fingerprint density at radius 1 is 1.07 bits per heavy atom. The lowest BCUT2D eigenvalue weighted by molar-refractivity contribution is -0.120. The highest BCUT2D eigenvalue weighted by molar-refractivity contribution is 6.30. The Morgan fingerprint density at radius 3 is 1.60 bits per heavy atom. The van der Waals surface area contributed by atoms with Gasteiger partial charge in [0, 0.05) is 5.02 Å². The average molecular weight is 227 g/mol. The molecule has 2 amide bonds. The zero-order valence-electron chi connectivity index (χ0n) is 7.94. The molecule has 0 spiro atoms. The molecule has 0 saturated carbocycles. The fourth-order valence-corrected chi connectivity index (χ4v) is 0.682. The largest absolute Gasteiger partial charge is 0.365 e. The first kappa shape index (κ1) is 13.2. The molecule has 0 unspecified atom stereocenters. The second-order valence-corrected chi connectivity index (χ2v) is 2.94. The Hall–Kier alpha value is -1.81. The predicted molar refractivity (Wildman–Crippen MR) is 59.0 cm³/mol. The van der Waals surface area contributed by atoms with Crippen LogP contribution in [-0.2, 0) is 9.59 Å². The van der Waals surface area contributed by atoms with Crippen LogP contribution in [0.5, 0.6) is 0 Å². The van der Waals surface area contributed by atoms with Gasteiger partial charge < -0.3 is 11.5 Å². The van der Waals surface area contributed by atoms with Crippen molar-refractivity contribution in [3.05, 3.63) is 47.5 Å². The molecule has 0 bridgehead atoms. The highest BCUT2D eigenvalue weighted by Crippen LogP contribution is 2.03. The minimum atomic E-state index is -0.877. The molecule has 0 heterocycles. The monoisotopic (exact) mass is 226 g/mol. The zero-order chi connectivity index (χ0) is 11.8. The van der Waals surface area contributed by atoms with Crippen LogP contribution < -0.4 is 11.5 Å². The van der Waals surface area contributed by atoms with Gasteiger partial charge in [0.05, 0.1) is 5.57 Å². The van der Waals surface area contributed by atoms with Crippen molar-refractivity contribution in [3.8, 4) is 0 Å². The van der Waals surface area contributed by atoms with E-state index >= 15 is 0 Å². The second-order valence-electron chi connectivity index (χ2n) is 2.50. The Labute approximate surface area is 92.5 Å². The molecule has 0 fully saturated rings. The van der Waals surface area contributed by atoms with Crippen molar-refractivity contribution < 1.29 is 9.59 Å². The molecule has 0 saturated heterocycles. The van der Waals surface area contributed by atoms with E-state index in [2.05, 4.69) is 18.0 Å². The first-order valence-electron chi connectivity index (χ1n) is 3.94. The summed E-state index contributed by atoms with van der Waals surface area (Å²) in [5, 5.41) is 0.794. The number of nitrogens with two attached hydrogens (primary N) is 2. The first-order valence-corrected chi connectivity index (χ1v) is 4.32. The summed E-state index contributed by atoms with van der Waals surface area (Å²) >= 11 is 5.54. The fourth-order valence-electron chi connectivity index (χ4n) is 0.536. The Balaban J connectivity index is 0.000000262. The lowest BCUT2D eigenvalue weighted by Gasteiger charge is -1.88. The van der Waals surface area contributed by atoms with E-state index in [1.54, 1.807) is 0 Å². The van der Waals surface area contributed by atoms with E-state index in [1.165, 1.54) is 0 Å². The van der Waals surface area contributed by atoms with Gasteiger partial charge in [-0.3, -0.25) is 9.59 Å². The molecule has 0 radical (unpaired) electrons. The Bertz CT molecular complexity index is 347. The lowest BCUT2D eigenvalue weighted by Crippen LogP contribution is -2.24. The van der Waals surface area contributed by atoms with Crippen molar-refractivity contribution in [1.82, 2.24) is 0 Å². The number of carbonyl (C=O) groups excluding carboxylic acids is 2. The van der Waals surface area contributed by atoms with Gasteiger partial charge in [0.15, 0.2) is 0 Å². The number of rotatable bonds is 2. The maximum Gasteiger partial charge on any atom is 0.253 e. The molecule has 5 heteroatoms. The van der Waals surface area contributed by atoms with Gasteiger partial charge in [0.25, 0.3) is 11.8 Å². The van der Waals surface area contributed by atoms with Crippen LogP contribution in [-0.4, -0.2) is 11.8 Å². The van der Waals surface area contributed by atoms with Gasteiger partial charge in [0.2, 0.25) is 0 Å². The molecule has 0 aliphatic rings. The standard InChI is InChI=1S/C6H5Cl.C4H6N2O2/c7-6-4-2-1-3-5-6;1-2(3(5)7)4(6)8/h1-5H;1H2,(H2,5,7)(H2,6,8). The molecular weight excluding hydrogens is 216 g/mol. The van der Waals surface area contributed by atoms with E-state index in [1.807, 2.05) is 30.3 Å². The molecule has 0 atom stereocenters. The minimum Gasteiger partial charge on any atom is -0.365 e. The van der Waals surface area contributed by atoms with Gasteiger partial charge in [-0.1, -0.05) is 36.4 Å². The van der Waals surface area contributed by atoms with Crippen LogP contribution in [0.25, 0.3) is 0 Å². The van der Waals surface area contributed by atoms with E-state index in [-0.39, 0.29) is 5.57 Å². The summed E-state index contributed by atoms with van der Waals surface area (Å²) in [6, 6.07) is 9.44. The molecule has 1 aromatic carbocycles. The topological polar surface area (TPSA) is 86.2 Å². The number of primary amides is 2. The molecule has 4 N–H and O–H groups in total. The average Bonchev–Trinajstić information content (AvgIpc) is 2.18. The van der Waals surface area contributed by atoms with E-state index in [4.69, 9.17) is 11.6 Å². The molecule has 80 valence electrons. The summed E-state index contributed by atoms with van der Waals surface area (Å²) in [5.41, 5.74) is 8.82. The van der Waals surface area contributed by atoms with Gasteiger partial charge in [-0.05, 0) is 12.1 Å².